The van der Waals surface area contributed by atoms with Gasteiger partial charge in [-0.15, -0.1) is 0 Å². The van der Waals surface area contributed by atoms with Crippen molar-refractivity contribution in [2.24, 2.45) is 7.05 Å². The zero-order valence-electron chi connectivity index (χ0n) is 16.0. The van der Waals surface area contributed by atoms with Gasteiger partial charge in [-0.1, -0.05) is 0 Å². The van der Waals surface area contributed by atoms with Crippen molar-refractivity contribution in [2.45, 2.75) is 6.42 Å². The number of carbonyl (C=O) groups excluding carboxylic acids is 1. The van der Waals surface area contributed by atoms with Gasteiger partial charge >= 0.3 is 6.03 Å². The summed E-state index contributed by atoms with van der Waals surface area (Å²) in [6.45, 7) is 5.75. The Morgan fingerprint density at radius 2 is 1.93 bits per heavy atom. The molecule has 27 heavy (non-hydrogen) atoms. The third-order valence-electron chi connectivity index (χ3n) is 4.71. The summed E-state index contributed by atoms with van der Waals surface area (Å²) in [5.41, 5.74) is 1.94. The van der Waals surface area contributed by atoms with Crippen molar-refractivity contribution in [3.05, 3.63) is 36.7 Å². The number of hydrogen-bond donors (Lipinski definition) is 2. The van der Waals surface area contributed by atoms with Gasteiger partial charge in [-0.25, -0.2) is 4.79 Å². The number of carbonyl (C=O) groups is 1. The van der Waals surface area contributed by atoms with Gasteiger partial charge in [0.15, 0.2) is 0 Å². The Morgan fingerprint density at radius 3 is 2.56 bits per heavy atom. The first-order chi connectivity index (χ1) is 13.1. The summed E-state index contributed by atoms with van der Waals surface area (Å²) in [6, 6.07) is 8.04. The number of hydrogen-bond acceptors (Lipinski definition) is 5. The van der Waals surface area contributed by atoms with Crippen LogP contribution >= 0.6 is 0 Å². The van der Waals surface area contributed by atoms with Gasteiger partial charge in [-0.3, -0.25) is 9.58 Å². The smallest absolute Gasteiger partial charge is 0.319 e. The average molecular weight is 372 g/mol. The van der Waals surface area contributed by atoms with Crippen LogP contribution in [-0.2, 0) is 7.05 Å². The molecule has 1 aromatic carbocycles. The number of benzene rings is 1. The Bertz CT molecular complexity index is 722. The molecule has 0 aliphatic carbocycles. The van der Waals surface area contributed by atoms with E-state index in [9.17, 15) is 4.79 Å². The van der Waals surface area contributed by atoms with E-state index < -0.39 is 0 Å². The maximum Gasteiger partial charge on any atom is 0.319 e. The van der Waals surface area contributed by atoms with Crippen LogP contribution in [0.4, 0.5) is 16.2 Å². The number of amides is 2. The van der Waals surface area contributed by atoms with Crippen LogP contribution in [0, 0.1) is 0 Å². The molecule has 0 saturated carbocycles. The number of nitrogens with zero attached hydrogens (tertiary/aromatic N) is 4. The first kappa shape index (κ1) is 19.0. The summed E-state index contributed by atoms with van der Waals surface area (Å²) in [4.78, 5) is 16.7. The lowest BCUT2D eigenvalue weighted by Crippen LogP contribution is -2.47. The minimum atomic E-state index is -0.188. The molecule has 0 unspecified atom stereocenters. The SMILES string of the molecule is COc1ccc(N2CCN(CCCNC(=O)Nc3cnn(C)c3)CC2)cc1. The molecule has 1 fully saturated rings. The molecule has 1 aliphatic heterocycles. The molecule has 1 aromatic heterocycles. The Morgan fingerprint density at radius 1 is 1.19 bits per heavy atom. The Hall–Kier alpha value is -2.74. The summed E-state index contributed by atoms with van der Waals surface area (Å²) in [6.07, 6.45) is 4.33. The summed E-state index contributed by atoms with van der Waals surface area (Å²) >= 11 is 0. The van der Waals surface area contributed by atoms with E-state index in [0.29, 0.717) is 12.2 Å². The number of aryl methyl sites for hydroxylation is 1. The van der Waals surface area contributed by atoms with Gasteiger partial charge in [-0.2, -0.15) is 5.10 Å². The maximum atomic E-state index is 11.8. The number of aromatic nitrogens is 2. The van der Waals surface area contributed by atoms with Crippen molar-refractivity contribution < 1.29 is 9.53 Å². The molecule has 0 atom stereocenters. The van der Waals surface area contributed by atoms with Crippen LogP contribution in [0.3, 0.4) is 0 Å². The van der Waals surface area contributed by atoms with Gasteiger partial charge in [0.1, 0.15) is 5.75 Å². The van der Waals surface area contributed by atoms with Crippen molar-refractivity contribution in [2.75, 3.05) is 56.6 Å². The molecular weight excluding hydrogens is 344 g/mol. The van der Waals surface area contributed by atoms with E-state index in [0.717, 1.165) is 44.9 Å². The zero-order chi connectivity index (χ0) is 19.1. The first-order valence-corrected chi connectivity index (χ1v) is 9.29. The van der Waals surface area contributed by atoms with E-state index in [1.54, 1.807) is 24.2 Å². The fraction of sp³-hybridized carbons (Fsp3) is 0.474. The molecule has 0 radical (unpaired) electrons. The van der Waals surface area contributed by atoms with Crippen molar-refractivity contribution in [3.63, 3.8) is 0 Å². The minimum absolute atomic E-state index is 0.188. The Balaban J connectivity index is 1.30. The van der Waals surface area contributed by atoms with E-state index >= 15 is 0 Å². The van der Waals surface area contributed by atoms with Gasteiger partial charge in [0.25, 0.3) is 0 Å². The summed E-state index contributed by atoms with van der Waals surface area (Å²) in [5, 5.41) is 9.68. The normalized spacial score (nSPS) is 14.8. The van der Waals surface area contributed by atoms with E-state index in [4.69, 9.17) is 4.74 Å². The molecule has 8 nitrogen and oxygen atoms in total. The van der Waals surface area contributed by atoms with Crippen LogP contribution in [0.25, 0.3) is 0 Å². The minimum Gasteiger partial charge on any atom is -0.497 e. The molecule has 0 spiro atoms. The molecule has 2 aromatic rings. The monoisotopic (exact) mass is 372 g/mol. The summed E-state index contributed by atoms with van der Waals surface area (Å²) in [7, 11) is 3.50. The quantitative estimate of drug-likeness (QED) is 0.725. The largest absolute Gasteiger partial charge is 0.497 e. The number of nitrogens with one attached hydrogen (secondary N) is 2. The highest BCUT2D eigenvalue weighted by atomic mass is 16.5. The summed E-state index contributed by atoms with van der Waals surface area (Å²) < 4.78 is 6.87. The second-order valence-corrected chi connectivity index (χ2v) is 6.66. The molecule has 8 heteroatoms. The molecule has 2 amide bonds. The fourth-order valence-corrected chi connectivity index (χ4v) is 3.19. The van der Waals surface area contributed by atoms with Crippen LogP contribution in [0.5, 0.6) is 5.75 Å². The van der Waals surface area contributed by atoms with Gasteiger partial charge in [0, 0.05) is 51.7 Å². The van der Waals surface area contributed by atoms with Crippen molar-refractivity contribution in [1.82, 2.24) is 20.0 Å². The zero-order valence-corrected chi connectivity index (χ0v) is 16.0. The molecule has 146 valence electrons. The van der Waals surface area contributed by atoms with E-state index in [-0.39, 0.29) is 6.03 Å². The number of urea groups is 1. The molecule has 2 heterocycles. The summed E-state index contributed by atoms with van der Waals surface area (Å²) in [5.74, 6) is 0.887. The molecule has 0 bridgehead atoms. The van der Waals surface area contributed by atoms with Gasteiger partial charge in [0.05, 0.1) is 19.0 Å². The lowest BCUT2D eigenvalue weighted by atomic mass is 10.2. The molecule has 3 rings (SSSR count). The van der Waals surface area contributed by atoms with Crippen LogP contribution < -0.4 is 20.3 Å². The Labute approximate surface area is 160 Å². The van der Waals surface area contributed by atoms with Crippen LogP contribution in [0.1, 0.15) is 6.42 Å². The highest BCUT2D eigenvalue weighted by Gasteiger charge is 2.16. The third-order valence-corrected chi connectivity index (χ3v) is 4.71. The molecule has 2 N–H and O–H groups in total. The van der Waals surface area contributed by atoms with Crippen molar-refractivity contribution in [1.29, 1.82) is 0 Å². The molecular formula is C19H28N6O2. The Kier molecular flexibility index (Phi) is 6.54. The number of ether oxygens (including phenoxy) is 1. The molecule has 1 saturated heterocycles. The number of anilines is 2. The van der Waals surface area contributed by atoms with Gasteiger partial charge in [-0.05, 0) is 37.2 Å². The number of piperazine rings is 1. The van der Waals surface area contributed by atoms with Crippen LogP contribution in [0.15, 0.2) is 36.7 Å². The van der Waals surface area contributed by atoms with Crippen molar-refractivity contribution in [3.8, 4) is 5.75 Å². The van der Waals surface area contributed by atoms with E-state index in [1.807, 2.05) is 19.2 Å². The number of rotatable bonds is 7. The number of methoxy groups -OCH3 is 1. The second-order valence-electron chi connectivity index (χ2n) is 6.66. The second kappa shape index (κ2) is 9.27. The van der Waals surface area contributed by atoms with Crippen LogP contribution in [-0.4, -0.2) is 67.1 Å². The fourth-order valence-electron chi connectivity index (χ4n) is 3.19. The van der Waals surface area contributed by atoms with Gasteiger partial charge < -0.3 is 20.3 Å². The highest BCUT2D eigenvalue weighted by Crippen LogP contribution is 2.20. The van der Waals surface area contributed by atoms with Gasteiger partial charge in [0.2, 0.25) is 0 Å². The standard InChI is InChI=1S/C19H28N6O2/c1-23-15-16(14-21-23)22-19(26)20-8-3-9-24-10-12-25(13-11-24)17-4-6-18(27-2)7-5-17/h4-7,14-15H,3,8-13H2,1-2H3,(H2,20,22,26). The molecule has 1 aliphatic rings. The van der Waals surface area contributed by atoms with E-state index in [1.165, 1.54) is 5.69 Å². The van der Waals surface area contributed by atoms with E-state index in [2.05, 4.69) is 37.7 Å². The third kappa shape index (κ3) is 5.62. The lowest BCUT2D eigenvalue weighted by Gasteiger charge is -2.36. The predicted octanol–water partition coefficient (Wildman–Crippen LogP) is 1.76. The maximum absolute atomic E-state index is 11.8. The van der Waals surface area contributed by atoms with Crippen LogP contribution in [0.2, 0.25) is 0 Å². The average Bonchev–Trinajstić information content (AvgIpc) is 3.10. The highest BCUT2D eigenvalue weighted by molar-refractivity contribution is 5.88. The van der Waals surface area contributed by atoms with Crippen molar-refractivity contribution >= 4 is 17.4 Å². The lowest BCUT2D eigenvalue weighted by molar-refractivity contribution is 0.244. The first-order valence-electron chi connectivity index (χ1n) is 9.29. The topological polar surface area (TPSA) is 74.7 Å². The predicted molar refractivity (Wildman–Crippen MR) is 106 cm³/mol.